The zero-order valence-corrected chi connectivity index (χ0v) is 8.99. The van der Waals surface area contributed by atoms with Crippen molar-refractivity contribution in [2.75, 3.05) is 14.1 Å². The summed E-state index contributed by atoms with van der Waals surface area (Å²) in [4.78, 5) is 13.4. The maximum atomic E-state index is 11.2. The molecule has 2 saturated carbocycles. The molecule has 3 nitrogen and oxygen atoms in total. The van der Waals surface area contributed by atoms with Crippen molar-refractivity contribution in [3.63, 3.8) is 0 Å². The number of nitrogens with zero attached hydrogens (tertiary/aromatic N) is 1. The third-order valence-electron chi connectivity index (χ3n) is 3.93. The van der Waals surface area contributed by atoms with E-state index in [9.17, 15) is 9.90 Å². The van der Waals surface area contributed by atoms with Crippen LogP contribution < -0.4 is 0 Å². The van der Waals surface area contributed by atoms with E-state index >= 15 is 0 Å². The summed E-state index contributed by atoms with van der Waals surface area (Å²) in [5, 5.41) is 9.26. The molecule has 14 heavy (non-hydrogen) atoms. The lowest BCUT2D eigenvalue weighted by Gasteiger charge is -2.41. The van der Waals surface area contributed by atoms with Crippen LogP contribution in [0.5, 0.6) is 0 Å². The molecule has 0 spiro atoms. The molecule has 80 valence electrons. The summed E-state index contributed by atoms with van der Waals surface area (Å²) in [5.74, 6) is 0.0479. The molecule has 0 aliphatic heterocycles. The minimum atomic E-state index is -0.580. The molecule has 0 bridgehead atoms. The molecule has 2 fully saturated rings. The summed E-state index contributed by atoms with van der Waals surface area (Å²) in [6, 6.07) is 0.272. The number of carboxylic acids is 1. The number of hydrogen-bond acceptors (Lipinski definition) is 2. The van der Waals surface area contributed by atoms with E-state index in [-0.39, 0.29) is 6.04 Å². The van der Waals surface area contributed by atoms with Gasteiger partial charge in [-0.25, -0.2) is 0 Å². The van der Waals surface area contributed by atoms with E-state index in [0.29, 0.717) is 5.92 Å². The van der Waals surface area contributed by atoms with Gasteiger partial charge in [-0.15, -0.1) is 0 Å². The Labute approximate surface area is 85.1 Å². The number of aliphatic carboxylic acids is 1. The Bertz CT molecular complexity index is 242. The third kappa shape index (κ3) is 1.34. The van der Waals surface area contributed by atoms with Crippen LogP contribution in [0.3, 0.4) is 0 Å². The monoisotopic (exact) mass is 197 g/mol. The molecule has 0 aromatic carbocycles. The molecule has 1 N–H and O–H groups in total. The third-order valence-corrected chi connectivity index (χ3v) is 3.93. The average molecular weight is 197 g/mol. The summed E-state index contributed by atoms with van der Waals surface area (Å²) in [6.07, 6.45) is 5.48. The van der Waals surface area contributed by atoms with Crippen molar-refractivity contribution in [3.05, 3.63) is 0 Å². The van der Waals surface area contributed by atoms with Gasteiger partial charge in [0, 0.05) is 6.04 Å². The van der Waals surface area contributed by atoms with Gasteiger partial charge in [0.1, 0.15) is 0 Å². The smallest absolute Gasteiger partial charge is 0.311 e. The maximum Gasteiger partial charge on any atom is 0.311 e. The van der Waals surface area contributed by atoms with Crippen LogP contribution in [0.1, 0.15) is 32.1 Å². The average Bonchev–Trinajstić information content (AvgIpc) is 2.75. The maximum absolute atomic E-state index is 11.2. The van der Waals surface area contributed by atoms with E-state index in [1.54, 1.807) is 0 Å². The van der Waals surface area contributed by atoms with Crippen molar-refractivity contribution < 1.29 is 9.90 Å². The second-order valence-corrected chi connectivity index (χ2v) is 5.06. The van der Waals surface area contributed by atoms with Crippen molar-refractivity contribution in [3.8, 4) is 0 Å². The predicted octanol–water partition coefficient (Wildman–Crippen LogP) is 1.58. The summed E-state index contributed by atoms with van der Waals surface area (Å²) in [5.41, 5.74) is -0.394. The summed E-state index contributed by atoms with van der Waals surface area (Å²) in [7, 11) is 4.04. The first-order valence-corrected chi connectivity index (χ1v) is 5.48. The van der Waals surface area contributed by atoms with Crippen molar-refractivity contribution >= 4 is 5.97 Å². The minimum Gasteiger partial charge on any atom is -0.481 e. The highest BCUT2D eigenvalue weighted by molar-refractivity contribution is 5.79. The van der Waals surface area contributed by atoms with E-state index in [2.05, 4.69) is 4.90 Å². The molecule has 0 aromatic heterocycles. The molecule has 0 heterocycles. The molecule has 0 saturated heterocycles. The van der Waals surface area contributed by atoms with E-state index in [4.69, 9.17) is 0 Å². The summed E-state index contributed by atoms with van der Waals surface area (Å²) >= 11 is 0. The van der Waals surface area contributed by atoms with Crippen LogP contribution in [0.4, 0.5) is 0 Å². The Morgan fingerprint density at radius 1 is 1.43 bits per heavy atom. The minimum absolute atomic E-state index is 0.272. The van der Waals surface area contributed by atoms with Gasteiger partial charge in [0.05, 0.1) is 5.41 Å². The molecule has 2 aliphatic rings. The van der Waals surface area contributed by atoms with Crippen LogP contribution in [0, 0.1) is 11.3 Å². The molecule has 1 unspecified atom stereocenters. The second-order valence-electron chi connectivity index (χ2n) is 5.06. The highest BCUT2D eigenvalue weighted by Crippen LogP contribution is 2.55. The van der Waals surface area contributed by atoms with Crippen molar-refractivity contribution in [2.24, 2.45) is 11.3 Å². The highest BCUT2D eigenvalue weighted by atomic mass is 16.4. The second kappa shape index (κ2) is 3.23. The molecule has 0 radical (unpaired) electrons. The van der Waals surface area contributed by atoms with E-state index in [1.807, 2.05) is 14.1 Å². The molecule has 2 aliphatic carbocycles. The summed E-state index contributed by atoms with van der Waals surface area (Å²) in [6.45, 7) is 0. The van der Waals surface area contributed by atoms with Gasteiger partial charge < -0.3 is 10.0 Å². The number of carbonyl (C=O) groups is 1. The number of rotatable bonds is 4. The molecular formula is C11H19NO2. The fourth-order valence-corrected chi connectivity index (χ4v) is 2.89. The van der Waals surface area contributed by atoms with E-state index < -0.39 is 11.4 Å². The molecule has 0 amide bonds. The van der Waals surface area contributed by atoms with Crippen LogP contribution in [0.15, 0.2) is 0 Å². The van der Waals surface area contributed by atoms with Gasteiger partial charge in [-0.1, -0.05) is 6.42 Å². The summed E-state index contributed by atoms with van der Waals surface area (Å²) < 4.78 is 0. The Balaban J connectivity index is 2.13. The standard InChI is InChI=1S/C11H19NO2/c1-12(2)9(8-4-3-5-8)11(6-7-11)10(13)14/h8-9H,3-7H2,1-2H3,(H,13,14). The van der Waals surface area contributed by atoms with E-state index in [0.717, 1.165) is 12.8 Å². The van der Waals surface area contributed by atoms with Gasteiger partial charge in [-0.05, 0) is 45.7 Å². The van der Waals surface area contributed by atoms with Crippen LogP contribution >= 0.6 is 0 Å². The largest absolute Gasteiger partial charge is 0.481 e. The molecule has 1 atom stereocenters. The van der Waals surface area contributed by atoms with Gasteiger partial charge in [-0.3, -0.25) is 4.79 Å². The van der Waals surface area contributed by atoms with Gasteiger partial charge >= 0.3 is 5.97 Å². The normalized spacial score (nSPS) is 27.1. The van der Waals surface area contributed by atoms with E-state index in [1.165, 1.54) is 19.3 Å². The first-order chi connectivity index (χ1) is 6.58. The first-order valence-electron chi connectivity index (χ1n) is 5.48. The zero-order valence-electron chi connectivity index (χ0n) is 8.99. The lowest BCUT2D eigenvalue weighted by Crippen LogP contribution is -2.48. The number of hydrogen-bond donors (Lipinski definition) is 1. The van der Waals surface area contributed by atoms with Crippen molar-refractivity contribution in [1.29, 1.82) is 0 Å². The Hall–Kier alpha value is -0.570. The van der Waals surface area contributed by atoms with Crippen molar-refractivity contribution in [1.82, 2.24) is 4.90 Å². The quantitative estimate of drug-likeness (QED) is 0.744. The first kappa shape index (κ1) is 9.97. The number of carboxylic acid groups (broad SMARTS) is 1. The molecule has 0 aromatic rings. The van der Waals surface area contributed by atoms with Gasteiger partial charge in [0.15, 0.2) is 0 Å². The molecule has 2 rings (SSSR count). The van der Waals surface area contributed by atoms with Crippen LogP contribution in [0.25, 0.3) is 0 Å². The lowest BCUT2D eigenvalue weighted by atomic mass is 9.73. The fourth-order valence-electron chi connectivity index (χ4n) is 2.89. The van der Waals surface area contributed by atoms with Gasteiger partial charge in [0.2, 0.25) is 0 Å². The predicted molar refractivity (Wildman–Crippen MR) is 54.1 cm³/mol. The zero-order chi connectivity index (χ0) is 10.3. The van der Waals surface area contributed by atoms with Crippen molar-refractivity contribution in [2.45, 2.75) is 38.1 Å². The van der Waals surface area contributed by atoms with Crippen LogP contribution in [0.2, 0.25) is 0 Å². The molecule has 3 heteroatoms. The SMILES string of the molecule is CN(C)C(C1CCC1)C1(C(=O)O)CC1. The lowest BCUT2D eigenvalue weighted by molar-refractivity contribution is -0.147. The van der Waals surface area contributed by atoms with Crippen LogP contribution in [-0.4, -0.2) is 36.1 Å². The Morgan fingerprint density at radius 2 is 2.00 bits per heavy atom. The fraction of sp³-hybridized carbons (Fsp3) is 0.909. The van der Waals surface area contributed by atoms with Crippen LogP contribution in [-0.2, 0) is 4.79 Å². The van der Waals surface area contributed by atoms with Gasteiger partial charge in [-0.2, -0.15) is 0 Å². The topological polar surface area (TPSA) is 40.5 Å². The molecular weight excluding hydrogens is 178 g/mol. The highest BCUT2D eigenvalue weighted by Gasteiger charge is 2.59. The Morgan fingerprint density at radius 3 is 2.21 bits per heavy atom. The Kier molecular flexibility index (Phi) is 2.30. The van der Waals surface area contributed by atoms with Gasteiger partial charge in [0.25, 0.3) is 0 Å².